The molecule has 0 saturated carbocycles. The van der Waals surface area contributed by atoms with E-state index in [9.17, 15) is 4.79 Å². The SMILES string of the molecule is COC1CCN(c2ccc(NC3NC(N4CCC(CC#N)CC4)NC4CNNC(=O)C43)cc2)CC1. The summed E-state index contributed by atoms with van der Waals surface area (Å²) in [6, 6.07) is 10.9. The molecule has 5 rings (SSSR count). The number of amides is 1. The highest BCUT2D eigenvalue weighted by Gasteiger charge is 2.45. The van der Waals surface area contributed by atoms with E-state index in [0.717, 1.165) is 57.5 Å². The molecule has 190 valence electrons. The number of hydrogen-bond donors (Lipinski definition) is 5. The molecular formula is C25H38N8O2. The van der Waals surface area contributed by atoms with Crippen LogP contribution in [0.25, 0.3) is 0 Å². The first kappa shape index (κ1) is 24.3. The molecule has 4 aliphatic heterocycles. The van der Waals surface area contributed by atoms with Crippen LogP contribution >= 0.6 is 0 Å². The topological polar surface area (TPSA) is 117 Å². The van der Waals surface area contributed by atoms with Gasteiger partial charge in [0.15, 0.2) is 0 Å². The van der Waals surface area contributed by atoms with Crippen LogP contribution in [0.15, 0.2) is 24.3 Å². The summed E-state index contributed by atoms with van der Waals surface area (Å²) in [6.45, 7) is 4.56. The number of hydrogen-bond acceptors (Lipinski definition) is 9. The van der Waals surface area contributed by atoms with E-state index in [0.29, 0.717) is 25.0 Å². The van der Waals surface area contributed by atoms with Crippen LogP contribution < -0.4 is 31.7 Å². The highest BCUT2D eigenvalue weighted by atomic mass is 16.5. The average Bonchev–Trinajstić information content (AvgIpc) is 2.90. The summed E-state index contributed by atoms with van der Waals surface area (Å²) in [5, 5.41) is 19.9. The fraction of sp³-hybridized carbons (Fsp3) is 0.680. The van der Waals surface area contributed by atoms with E-state index in [4.69, 9.17) is 10.00 Å². The highest BCUT2D eigenvalue weighted by Crippen LogP contribution is 2.27. The van der Waals surface area contributed by atoms with Gasteiger partial charge in [-0.3, -0.25) is 25.8 Å². The van der Waals surface area contributed by atoms with Gasteiger partial charge in [-0.15, -0.1) is 0 Å². The minimum Gasteiger partial charge on any atom is -0.381 e. The van der Waals surface area contributed by atoms with Crippen molar-refractivity contribution in [3.63, 3.8) is 0 Å². The minimum absolute atomic E-state index is 0.0115. The summed E-state index contributed by atoms with van der Waals surface area (Å²) in [6.07, 6.45) is 4.95. The lowest BCUT2D eigenvalue weighted by Crippen LogP contribution is -2.77. The number of benzene rings is 1. The number of fused-ring (bicyclic) bond motifs is 1. The fourth-order valence-corrected chi connectivity index (χ4v) is 5.90. The number of anilines is 2. The third kappa shape index (κ3) is 5.55. The maximum atomic E-state index is 12.8. The first-order chi connectivity index (χ1) is 17.1. The van der Waals surface area contributed by atoms with Crippen LogP contribution in [0.4, 0.5) is 11.4 Å². The second-order valence-electron chi connectivity index (χ2n) is 10.2. The Morgan fingerprint density at radius 2 is 1.83 bits per heavy atom. The maximum Gasteiger partial charge on any atom is 0.242 e. The summed E-state index contributed by atoms with van der Waals surface area (Å²) in [5.74, 6) is 0.237. The Balaban J connectivity index is 1.24. The lowest BCUT2D eigenvalue weighted by molar-refractivity contribution is -0.132. The molecule has 10 heteroatoms. The average molecular weight is 483 g/mol. The van der Waals surface area contributed by atoms with Crippen LogP contribution in [0, 0.1) is 23.2 Å². The van der Waals surface area contributed by atoms with Crippen molar-refractivity contribution in [2.45, 2.75) is 56.7 Å². The van der Waals surface area contributed by atoms with Crippen molar-refractivity contribution in [3.8, 4) is 6.07 Å². The second-order valence-corrected chi connectivity index (χ2v) is 10.2. The number of ether oxygens (including phenoxy) is 1. The van der Waals surface area contributed by atoms with Crippen molar-refractivity contribution < 1.29 is 9.53 Å². The Morgan fingerprint density at radius 3 is 2.51 bits per heavy atom. The third-order valence-corrected chi connectivity index (χ3v) is 8.06. The zero-order valence-corrected chi connectivity index (χ0v) is 20.5. The molecule has 10 nitrogen and oxygen atoms in total. The Morgan fingerprint density at radius 1 is 1.09 bits per heavy atom. The highest BCUT2D eigenvalue weighted by molar-refractivity contribution is 5.81. The smallest absolute Gasteiger partial charge is 0.242 e. The van der Waals surface area contributed by atoms with Gasteiger partial charge in [0, 0.05) is 63.7 Å². The van der Waals surface area contributed by atoms with Gasteiger partial charge in [0.2, 0.25) is 5.91 Å². The number of nitriles is 1. The van der Waals surface area contributed by atoms with E-state index in [-0.39, 0.29) is 30.3 Å². The number of carbonyl (C=O) groups excluding carboxylic acids is 1. The summed E-state index contributed by atoms with van der Waals surface area (Å²) >= 11 is 0. The third-order valence-electron chi connectivity index (χ3n) is 8.06. The number of nitrogens with zero attached hydrogens (tertiary/aromatic N) is 3. The van der Waals surface area contributed by atoms with Crippen molar-refractivity contribution in [1.82, 2.24) is 26.4 Å². The number of carbonyl (C=O) groups is 1. The number of rotatable bonds is 6. The predicted octanol–water partition coefficient (Wildman–Crippen LogP) is 0.761. The largest absolute Gasteiger partial charge is 0.381 e. The van der Waals surface area contributed by atoms with Crippen molar-refractivity contribution in [1.29, 1.82) is 5.26 Å². The van der Waals surface area contributed by atoms with Crippen LogP contribution in [-0.4, -0.2) is 75.2 Å². The molecule has 4 aliphatic rings. The van der Waals surface area contributed by atoms with Gasteiger partial charge in [0.25, 0.3) is 0 Å². The molecule has 1 aromatic rings. The van der Waals surface area contributed by atoms with Crippen molar-refractivity contribution in [3.05, 3.63) is 24.3 Å². The molecule has 0 spiro atoms. The molecule has 4 atom stereocenters. The Kier molecular flexibility index (Phi) is 7.70. The van der Waals surface area contributed by atoms with Crippen molar-refractivity contribution >= 4 is 17.3 Å². The molecule has 4 saturated heterocycles. The Bertz CT molecular complexity index is 890. The zero-order valence-electron chi connectivity index (χ0n) is 20.5. The zero-order chi connectivity index (χ0) is 24.2. The predicted molar refractivity (Wildman–Crippen MR) is 134 cm³/mol. The van der Waals surface area contributed by atoms with Crippen molar-refractivity contribution in [2.24, 2.45) is 11.8 Å². The lowest BCUT2D eigenvalue weighted by Gasteiger charge is -2.49. The summed E-state index contributed by atoms with van der Waals surface area (Å²) in [5.41, 5.74) is 8.05. The Labute approximate surface area is 207 Å². The monoisotopic (exact) mass is 482 g/mol. The maximum absolute atomic E-state index is 12.8. The minimum atomic E-state index is -0.239. The van der Waals surface area contributed by atoms with Gasteiger partial charge < -0.3 is 15.0 Å². The molecule has 35 heavy (non-hydrogen) atoms. The molecule has 4 unspecified atom stereocenters. The van der Waals surface area contributed by atoms with E-state index >= 15 is 0 Å². The van der Waals surface area contributed by atoms with Gasteiger partial charge >= 0.3 is 0 Å². The van der Waals surface area contributed by atoms with Gasteiger partial charge in [-0.25, -0.2) is 5.43 Å². The second kappa shape index (κ2) is 11.1. The molecule has 0 aromatic heterocycles. The first-order valence-corrected chi connectivity index (χ1v) is 12.9. The number of hydrazine groups is 1. The molecule has 0 aliphatic carbocycles. The summed E-state index contributed by atoms with van der Waals surface area (Å²) in [4.78, 5) is 17.6. The molecule has 5 N–H and O–H groups in total. The van der Waals surface area contributed by atoms with Crippen LogP contribution in [0.5, 0.6) is 0 Å². The molecule has 4 fully saturated rings. The van der Waals surface area contributed by atoms with Crippen LogP contribution in [-0.2, 0) is 9.53 Å². The van der Waals surface area contributed by atoms with Gasteiger partial charge in [0.05, 0.1) is 24.3 Å². The van der Waals surface area contributed by atoms with E-state index in [2.05, 4.69) is 66.9 Å². The van der Waals surface area contributed by atoms with Crippen LogP contribution in [0.2, 0.25) is 0 Å². The van der Waals surface area contributed by atoms with Gasteiger partial charge in [0.1, 0.15) is 6.29 Å². The van der Waals surface area contributed by atoms with E-state index in [1.165, 1.54) is 5.69 Å². The van der Waals surface area contributed by atoms with Crippen molar-refractivity contribution in [2.75, 3.05) is 50.1 Å². The molecule has 4 heterocycles. The summed E-state index contributed by atoms with van der Waals surface area (Å²) in [7, 11) is 1.80. The lowest BCUT2D eigenvalue weighted by atomic mass is 9.90. The molecule has 0 radical (unpaired) electrons. The number of methoxy groups -OCH3 is 1. The molecule has 1 aromatic carbocycles. The van der Waals surface area contributed by atoms with E-state index in [1.807, 2.05) is 0 Å². The standard InChI is InChI=1S/C25H38N8O2/c1-35-20-9-14-32(15-10-20)19-4-2-18(3-5-19)28-23-22-21(16-27-31-24(22)34)29-25(30-23)33-12-7-17(6-11-26)8-13-33/h2-5,17,20-23,25,27-30H,6-10,12-16H2,1H3,(H,31,34). The first-order valence-electron chi connectivity index (χ1n) is 12.9. The van der Waals surface area contributed by atoms with Crippen LogP contribution in [0.3, 0.4) is 0 Å². The van der Waals surface area contributed by atoms with Gasteiger partial charge in [-0.2, -0.15) is 5.26 Å². The summed E-state index contributed by atoms with van der Waals surface area (Å²) < 4.78 is 5.50. The fourth-order valence-electron chi connectivity index (χ4n) is 5.90. The van der Waals surface area contributed by atoms with Gasteiger partial charge in [-0.05, 0) is 55.9 Å². The molecule has 1 amide bonds. The van der Waals surface area contributed by atoms with E-state index < -0.39 is 0 Å². The van der Waals surface area contributed by atoms with E-state index in [1.54, 1.807) is 7.11 Å². The Hall–Kier alpha value is -2.42. The molecule has 0 bridgehead atoms. The number of piperidine rings is 2. The van der Waals surface area contributed by atoms with Crippen LogP contribution in [0.1, 0.15) is 32.1 Å². The number of nitrogens with one attached hydrogen (secondary N) is 5. The normalized spacial score (nSPS) is 30.9. The van der Waals surface area contributed by atoms with Gasteiger partial charge in [-0.1, -0.05) is 0 Å². The quantitative estimate of drug-likeness (QED) is 0.401. The number of likely N-dealkylation sites (tertiary alicyclic amines) is 1. The molecular weight excluding hydrogens is 444 g/mol.